The Morgan fingerprint density at radius 2 is 2.00 bits per heavy atom. The molecule has 0 radical (unpaired) electrons. The highest BCUT2D eigenvalue weighted by Crippen LogP contribution is 2.26. The lowest BCUT2D eigenvalue weighted by atomic mass is 9.99. The van der Waals surface area contributed by atoms with E-state index in [4.69, 9.17) is 4.74 Å². The van der Waals surface area contributed by atoms with Gasteiger partial charge >= 0.3 is 0 Å². The summed E-state index contributed by atoms with van der Waals surface area (Å²) in [5.74, 6) is 1.41. The molecule has 0 aromatic heterocycles. The molecule has 0 bridgehead atoms. The lowest BCUT2D eigenvalue weighted by Crippen LogP contribution is -2.47. The van der Waals surface area contributed by atoms with E-state index < -0.39 is 0 Å². The molecule has 2 N–H and O–H groups in total. The predicted octanol–water partition coefficient (Wildman–Crippen LogP) is 3.33. The minimum absolute atomic E-state index is 0.127. The molecule has 0 spiro atoms. The molecule has 1 unspecified atom stereocenters. The smallest absolute Gasteiger partial charge is 0.122 e. The minimum Gasteiger partial charge on any atom is -0.493 e. The Morgan fingerprint density at radius 3 is 2.60 bits per heavy atom. The summed E-state index contributed by atoms with van der Waals surface area (Å²) in [6, 6.07) is 8.18. The van der Waals surface area contributed by atoms with Gasteiger partial charge in [-0.25, -0.2) is 0 Å². The van der Waals surface area contributed by atoms with Crippen molar-refractivity contribution < 1.29 is 9.84 Å². The van der Waals surface area contributed by atoms with Crippen molar-refractivity contribution in [1.82, 2.24) is 5.32 Å². The van der Waals surface area contributed by atoms with Crippen LogP contribution in [0, 0.1) is 0 Å². The fourth-order valence-corrected chi connectivity index (χ4v) is 2.13. The van der Waals surface area contributed by atoms with Gasteiger partial charge in [0.15, 0.2) is 0 Å². The molecule has 1 rings (SSSR count). The Balaban J connectivity index is 2.55. The lowest BCUT2D eigenvalue weighted by molar-refractivity contribution is 0.144. The third-order valence-corrected chi connectivity index (χ3v) is 3.60. The fraction of sp³-hybridized carbons (Fsp3) is 0.647. The topological polar surface area (TPSA) is 41.5 Å². The van der Waals surface area contributed by atoms with Gasteiger partial charge in [0.25, 0.3) is 0 Å². The molecule has 20 heavy (non-hydrogen) atoms. The molecule has 1 aromatic carbocycles. The summed E-state index contributed by atoms with van der Waals surface area (Å²) in [5, 5.41) is 12.9. The second-order valence-corrected chi connectivity index (χ2v) is 5.94. The molecule has 0 aliphatic rings. The van der Waals surface area contributed by atoms with E-state index in [0.29, 0.717) is 12.5 Å². The molecule has 0 fully saturated rings. The van der Waals surface area contributed by atoms with Crippen molar-refractivity contribution in [3.05, 3.63) is 29.8 Å². The first-order valence-corrected chi connectivity index (χ1v) is 7.60. The van der Waals surface area contributed by atoms with Crippen molar-refractivity contribution in [2.45, 2.75) is 52.0 Å². The van der Waals surface area contributed by atoms with Crippen LogP contribution in [0.3, 0.4) is 0 Å². The zero-order valence-corrected chi connectivity index (χ0v) is 13.3. The van der Waals surface area contributed by atoms with Gasteiger partial charge in [-0.3, -0.25) is 0 Å². The first-order valence-electron chi connectivity index (χ1n) is 7.60. The molecule has 0 saturated heterocycles. The Kier molecular flexibility index (Phi) is 7.03. The Labute approximate surface area is 123 Å². The van der Waals surface area contributed by atoms with Crippen molar-refractivity contribution in [3.63, 3.8) is 0 Å². The number of hydrogen-bond acceptors (Lipinski definition) is 3. The number of hydrogen-bond donors (Lipinski definition) is 2. The van der Waals surface area contributed by atoms with Crippen LogP contribution in [0.5, 0.6) is 5.75 Å². The Morgan fingerprint density at radius 1 is 1.30 bits per heavy atom. The SMILES string of the molecule is CCCNC(C)(CO)CCOc1ccccc1C(C)C. The zero-order chi connectivity index (χ0) is 15.0. The molecular weight excluding hydrogens is 250 g/mol. The summed E-state index contributed by atoms with van der Waals surface area (Å²) in [6.07, 6.45) is 1.85. The Bertz CT molecular complexity index is 392. The predicted molar refractivity (Wildman–Crippen MR) is 84.4 cm³/mol. The van der Waals surface area contributed by atoms with Crippen LogP contribution >= 0.6 is 0 Å². The summed E-state index contributed by atoms with van der Waals surface area (Å²) in [4.78, 5) is 0. The summed E-state index contributed by atoms with van der Waals surface area (Å²) in [7, 11) is 0. The molecular formula is C17H29NO2. The monoisotopic (exact) mass is 279 g/mol. The van der Waals surface area contributed by atoms with E-state index in [1.807, 2.05) is 25.1 Å². The standard InChI is InChI=1S/C17H29NO2/c1-5-11-18-17(4,13-19)10-12-20-16-9-7-6-8-15(16)14(2)3/h6-9,14,18-19H,5,10-13H2,1-4H3. The van der Waals surface area contributed by atoms with Gasteiger partial charge in [-0.2, -0.15) is 0 Å². The second-order valence-electron chi connectivity index (χ2n) is 5.94. The van der Waals surface area contributed by atoms with E-state index in [-0.39, 0.29) is 12.1 Å². The second kappa shape index (κ2) is 8.28. The van der Waals surface area contributed by atoms with Crippen LogP contribution in [0.1, 0.15) is 52.0 Å². The van der Waals surface area contributed by atoms with Crippen molar-refractivity contribution in [3.8, 4) is 5.75 Å². The normalized spacial score (nSPS) is 14.3. The summed E-state index contributed by atoms with van der Waals surface area (Å²) in [5.41, 5.74) is 0.975. The fourth-order valence-electron chi connectivity index (χ4n) is 2.13. The number of aliphatic hydroxyl groups is 1. The third kappa shape index (κ3) is 5.14. The molecule has 0 aliphatic carbocycles. The van der Waals surface area contributed by atoms with Crippen LogP contribution in [0.15, 0.2) is 24.3 Å². The van der Waals surface area contributed by atoms with Crippen LogP contribution in [0.25, 0.3) is 0 Å². The molecule has 114 valence electrons. The number of benzene rings is 1. The number of aliphatic hydroxyl groups excluding tert-OH is 1. The number of para-hydroxylation sites is 1. The first kappa shape index (κ1) is 17.0. The average molecular weight is 279 g/mol. The van der Waals surface area contributed by atoms with Gasteiger partial charge in [-0.05, 0) is 37.4 Å². The third-order valence-electron chi connectivity index (χ3n) is 3.60. The van der Waals surface area contributed by atoms with E-state index >= 15 is 0 Å². The lowest BCUT2D eigenvalue weighted by Gasteiger charge is -2.29. The van der Waals surface area contributed by atoms with Gasteiger partial charge in [0.2, 0.25) is 0 Å². The molecule has 3 heteroatoms. The van der Waals surface area contributed by atoms with Crippen molar-refractivity contribution >= 4 is 0 Å². The van der Waals surface area contributed by atoms with Gasteiger partial charge in [0, 0.05) is 12.0 Å². The van der Waals surface area contributed by atoms with E-state index in [2.05, 4.69) is 32.2 Å². The molecule has 0 amide bonds. The van der Waals surface area contributed by atoms with Crippen LogP contribution in [-0.4, -0.2) is 30.4 Å². The number of rotatable bonds is 9. The molecule has 1 atom stereocenters. The molecule has 3 nitrogen and oxygen atoms in total. The maximum absolute atomic E-state index is 9.53. The highest BCUT2D eigenvalue weighted by Gasteiger charge is 2.22. The largest absolute Gasteiger partial charge is 0.493 e. The van der Waals surface area contributed by atoms with E-state index in [9.17, 15) is 5.11 Å². The number of nitrogens with one attached hydrogen (secondary N) is 1. The van der Waals surface area contributed by atoms with Crippen LogP contribution in [0.4, 0.5) is 0 Å². The van der Waals surface area contributed by atoms with E-state index in [1.54, 1.807) is 0 Å². The first-order chi connectivity index (χ1) is 9.52. The maximum Gasteiger partial charge on any atom is 0.122 e. The van der Waals surface area contributed by atoms with Crippen molar-refractivity contribution in [2.24, 2.45) is 0 Å². The van der Waals surface area contributed by atoms with E-state index in [1.165, 1.54) is 5.56 Å². The van der Waals surface area contributed by atoms with Crippen LogP contribution in [-0.2, 0) is 0 Å². The average Bonchev–Trinajstić information content (AvgIpc) is 2.45. The van der Waals surface area contributed by atoms with E-state index in [0.717, 1.165) is 25.1 Å². The molecule has 0 heterocycles. The molecule has 1 aromatic rings. The summed E-state index contributed by atoms with van der Waals surface area (Å²) < 4.78 is 5.92. The minimum atomic E-state index is -0.261. The summed E-state index contributed by atoms with van der Waals surface area (Å²) in [6.45, 7) is 10.2. The van der Waals surface area contributed by atoms with Gasteiger partial charge in [0.1, 0.15) is 5.75 Å². The van der Waals surface area contributed by atoms with Crippen LogP contribution < -0.4 is 10.1 Å². The van der Waals surface area contributed by atoms with Gasteiger partial charge < -0.3 is 15.2 Å². The van der Waals surface area contributed by atoms with Gasteiger partial charge in [-0.1, -0.05) is 39.0 Å². The van der Waals surface area contributed by atoms with Gasteiger partial charge in [-0.15, -0.1) is 0 Å². The Hall–Kier alpha value is -1.06. The zero-order valence-electron chi connectivity index (χ0n) is 13.3. The molecule has 0 saturated carbocycles. The summed E-state index contributed by atoms with van der Waals surface area (Å²) >= 11 is 0. The quantitative estimate of drug-likeness (QED) is 0.728. The van der Waals surface area contributed by atoms with Crippen molar-refractivity contribution in [1.29, 1.82) is 0 Å². The van der Waals surface area contributed by atoms with Crippen molar-refractivity contribution in [2.75, 3.05) is 19.8 Å². The van der Waals surface area contributed by atoms with Gasteiger partial charge in [0.05, 0.1) is 13.2 Å². The number of ether oxygens (including phenoxy) is 1. The maximum atomic E-state index is 9.53. The van der Waals surface area contributed by atoms with Crippen LogP contribution in [0.2, 0.25) is 0 Å². The highest BCUT2D eigenvalue weighted by atomic mass is 16.5. The highest BCUT2D eigenvalue weighted by molar-refractivity contribution is 5.35. The molecule has 0 aliphatic heterocycles.